The minimum atomic E-state index is -1.04. The second kappa shape index (κ2) is 7.55. The molecule has 1 aliphatic heterocycles. The first kappa shape index (κ1) is 20.7. The summed E-state index contributed by atoms with van der Waals surface area (Å²) in [6.45, 7) is 10.3. The average molecular weight is 373 g/mol. The molecule has 2 amide bonds. The molecule has 0 N–H and O–H groups in total. The van der Waals surface area contributed by atoms with Crippen LogP contribution >= 0.6 is 0 Å². The van der Waals surface area contributed by atoms with Crippen molar-refractivity contribution in [1.29, 1.82) is 0 Å². The van der Waals surface area contributed by atoms with Gasteiger partial charge < -0.3 is 9.47 Å². The fourth-order valence-corrected chi connectivity index (χ4v) is 2.63. The summed E-state index contributed by atoms with van der Waals surface area (Å²) in [4.78, 5) is 39.0. The summed E-state index contributed by atoms with van der Waals surface area (Å²) in [6, 6.07) is 8.22. The lowest BCUT2D eigenvalue weighted by Crippen LogP contribution is -2.47. The third-order valence-electron chi connectivity index (χ3n) is 3.63. The average Bonchev–Trinajstić information content (AvgIpc) is 2.82. The molecule has 1 heterocycles. The Bertz CT molecular complexity index is 753. The Morgan fingerprint density at radius 1 is 1.00 bits per heavy atom. The third-order valence-corrected chi connectivity index (χ3v) is 3.63. The molecular formula is C21H27NO5. The predicted octanol–water partition coefficient (Wildman–Crippen LogP) is 3.95. The van der Waals surface area contributed by atoms with E-state index in [0.717, 1.165) is 10.5 Å². The van der Waals surface area contributed by atoms with E-state index < -0.39 is 35.2 Å². The zero-order valence-corrected chi connectivity index (χ0v) is 16.7. The van der Waals surface area contributed by atoms with Crippen LogP contribution in [0.15, 0.2) is 35.9 Å². The molecule has 1 fully saturated rings. The van der Waals surface area contributed by atoms with Crippen molar-refractivity contribution in [2.75, 3.05) is 0 Å². The Kier molecular flexibility index (Phi) is 5.78. The molecule has 0 spiro atoms. The number of benzene rings is 1. The summed E-state index contributed by atoms with van der Waals surface area (Å²) >= 11 is 0. The Hall–Kier alpha value is -2.63. The molecule has 1 saturated heterocycles. The van der Waals surface area contributed by atoms with Gasteiger partial charge in [0.05, 0.1) is 0 Å². The Balaban J connectivity index is 2.36. The highest BCUT2D eigenvalue weighted by molar-refractivity contribution is 6.11. The van der Waals surface area contributed by atoms with Crippen LogP contribution in [0.1, 0.15) is 53.5 Å². The van der Waals surface area contributed by atoms with Crippen LogP contribution in [-0.4, -0.2) is 40.1 Å². The van der Waals surface area contributed by atoms with E-state index in [-0.39, 0.29) is 6.42 Å². The van der Waals surface area contributed by atoms with Gasteiger partial charge in [0, 0.05) is 12.0 Å². The minimum Gasteiger partial charge on any atom is -0.458 e. The molecule has 1 aliphatic rings. The Morgan fingerprint density at radius 3 is 2.07 bits per heavy atom. The van der Waals surface area contributed by atoms with E-state index in [0.29, 0.717) is 5.57 Å². The maximum Gasteiger partial charge on any atom is 0.418 e. The fourth-order valence-electron chi connectivity index (χ4n) is 2.63. The summed E-state index contributed by atoms with van der Waals surface area (Å²) in [5.41, 5.74) is -0.342. The maximum absolute atomic E-state index is 12.9. The zero-order valence-electron chi connectivity index (χ0n) is 16.7. The summed E-state index contributed by atoms with van der Waals surface area (Å²) in [6.07, 6.45) is 0.922. The standard InChI is InChI=1S/C21H27NO5/c1-20(2,3)26-18(24)16-13-15(12-14-10-8-7-9-11-14)17(23)22(16)19(25)27-21(4,5)6/h7-12,16H,13H2,1-6H3/b15-12+/t16-/m0/s1. The SMILES string of the molecule is CC(C)(C)OC(=O)[C@@H]1C/C(=C\c2ccccc2)C(=O)N1C(=O)OC(C)(C)C. The molecule has 6 nitrogen and oxygen atoms in total. The van der Waals surface area contributed by atoms with Crippen LogP contribution in [0, 0.1) is 0 Å². The molecule has 0 aromatic heterocycles. The predicted molar refractivity (Wildman–Crippen MR) is 102 cm³/mol. The lowest BCUT2D eigenvalue weighted by Gasteiger charge is -2.28. The second-order valence-electron chi connectivity index (χ2n) is 8.49. The van der Waals surface area contributed by atoms with Gasteiger partial charge >= 0.3 is 12.1 Å². The number of imide groups is 1. The number of likely N-dealkylation sites (tertiary alicyclic amines) is 1. The van der Waals surface area contributed by atoms with Crippen LogP contribution < -0.4 is 0 Å². The molecule has 2 rings (SSSR count). The van der Waals surface area contributed by atoms with Crippen molar-refractivity contribution < 1.29 is 23.9 Å². The highest BCUT2D eigenvalue weighted by Crippen LogP contribution is 2.30. The molecule has 1 atom stereocenters. The lowest BCUT2D eigenvalue weighted by atomic mass is 10.1. The van der Waals surface area contributed by atoms with E-state index in [9.17, 15) is 14.4 Å². The second-order valence-corrected chi connectivity index (χ2v) is 8.49. The number of carbonyl (C=O) groups is 3. The van der Waals surface area contributed by atoms with Crippen LogP contribution in [0.5, 0.6) is 0 Å². The van der Waals surface area contributed by atoms with Gasteiger partial charge in [-0.2, -0.15) is 0 Å². The largest absolute Gasteiger partial charge is 0.458 e. The van der Waals surface area contributed by atoms with Crippen LogP contribution in [0.25, 0.3) is 6.08 Å². The van der Waals surface area contributed by atoms with Crippen LogP contribution in [0.3, 0.4) is 0 Å². The molecule has 0 unspecified atom stereocenters. The molecule has 0 radical (unpaired) electrons. The van der Waals surface area contributed by atoms with Gasteiger partial charge in [-0.05, 0) is 53.2 Å². The van der Waals surface area contributed by atoms with E-state index in [2.05, 4.69) is 0 Å². The molecule has 146 valence electrons. The number of esters is 1. The maximum atomic E-state index is 12.9. The summed E-state index contributed by atoms with van der Waals surface area (Å²) in [7, 11) is 0. The van der Waals surface area contributed by atoms with Crippen molar-refractivity contribution >= 4 is 24.0 Å². The number of amides is 2. The topological polar surface area (TPSA) is 72.9 Å². The van der Waals surface area contributed by atoms with Crippen molar-refractivity contribution in [3.8, 4) is 0 Å². The minimum absolute atomic E-state index is 0.0852. The Morgan fingerprint density at radius 2 is 1.56 bits per heavy atom. The zero-order chi connectivity index (χ0) is 20.4. The molecule has 0 saturated carbocycles. The van der Waals surface area contributed by atoms with Gasteiger partial charge in [0.2, 0.25) is 0 Å². The molecule has 0 aliphatic carbocycles. The molecule has 0 bridgehead atoms. The van der Waals surface area contributed by atoms with E-state index in [1.807, 2.05) is 30.3 Å². The van der Waals surface area contributed by atoms with E-state index in [1.165, 1.54) is 0 Å². The summed E-state index contributed by atoms with van der Waals surface area (Å²) in [5, 5.41) is 0. The lowest BCUT2D eigenvalue weighted by molar-refractivity contribution is -0.161. The first-order valence-corrected chi connectivity index (χ1v) is 8.92. The quantitative estimate of drug-likeness (QED) is 0.580. The van der Waals surface area contributed by atoms with Crippen molar-refractivity contribution in [2.24, 2.45) is 0 Å². The van der Waals surface area contributed by atoms with Gasteiger partial charge in [-0.1, -0.05) is 30.3 Å². The van der Waals surface area contributed by atoms with E-state index >= 15 is 0 Å². The van der Waals surface area contributed by atoms with Gasteiger partial charge in [-0.3, -0.25) is 4.79 Å². The highest BCUT2D eigenvalue weighted by atomic mass is 16.6. The monoisotopic (exact) mass is 373 g/mol. The van der Waals surface area contributed by atoms with Crippen molar-refractivity contribution in [2.45, 2.75) is 65.2 Å². The normalized spacial score (nSPS) is 19.3. The first-order chi connectivity index (χ1) is 12.4. The Labute approximate surface area is 160 Å². The number of carbonyl (C=O) groups excluding carboxylic acids is 3. The van der Waals surface area contributed by atoms with Crippen molar-refractivity contribution in [3.05, 3.63) is 41.5 Å². The van der Waals surface area contributed by atoms with Crippen LogP contribution in [-0.2, 0) is 19.1 Å². The van der Waals surface area contributed by atoms with Crippen LogP contribution in [0.4, 0.5) is 4.79 Å². The molecule has 6 heteroatoms. The van der Waals surface area contributed by atoms with E-state index in [1.54, 1.807) is 47.6 Å². The van der Waals surface area contributed by atoms with E-state index in [4.69, 9.17) is 9.47 Å². The number of nitrogens with zero attached hydrogens (tertiary/aromatic N) is 1. The van der Waals surface area contributed by atoms with Gasteiger partial charge in [0.1, 0.15) is 17.2 Å². The third kappa shape index (κ3) is 5.67. The van der Waals surface area contributed by atoms with Gasteiger partial charge in [0.25, 0.3) is 5.91 Å². The summed E-state index contributed by atoms with van der Waals surface area (Å²) < 4.78 is 10.7. The van der Waals surface area contributed by atoms with Gasteiger partial charge in [0.15, 0.2) is 0 Å². The summed E-state index contributed by atoms with van der Waals surface area (Å²) in [5.74, 6) is -1.16. The van der Waals surface area contributed by atoms with Gasteiger partial charge in [-0.15, -0.1) is 0 Å². The van der Waals surface area contributed by atoms with Crippen molar-refractivity contribution in [1.82, 2.24) is 4.90 Å². The number of hydrogen-bond donors (Lipinski definition) is 0. The number of ether oxygens (including phenoxy) is 2. The van der Waals surface area contributed by atoms with Crippen molar-refractivity contribution in [3.63, 3.8) is 0 Å². The molecule has 1 aromatic rings. The first-order valence-electron chi connectivity index (χ1n) is 8.92. The number of hydrogen-bond acceptors (Lipinski definition) is 5. The molecular weight excluding hydrogens is 346 g/mol. The van der Waals surface area contributed by atoms with Crippen LogP contribution in [0.2, 0.25) is 0 Å². The highest BCUT2D eigenvalue weighted by Gasteiger charge is 2.46. The van der Waals surface area contributed by atoms with Gasteiger partial charge in [-0.25, -0.2) is 14.5 Å². The molecule has 27 heavy (non-hydrogen) atoms. The molecule has 1 aromatic carbocycles. The number of rotatable bonds is 2. The fraction of sp³-hybridized carbons (Fsp3) is 0.476. The smallest absolute Gasteiger partial charge is 0.418 e.